The number of hydrogen-bond acceptors (Lipinski definition) is 8. The van der Waals surface area contributed by atoms with Crippen LogP contribution in [0.25, 0.3) is 0 Å². The standard InChI is InChI=1S/C16H19N5O4S2/c1-5-6-21-9(3)19-20-16(21)26-7-10(22)18-14-11(15(24)25-4)8(2)12(27-14)13(17)23/h5H,1,6-7H2,2-4H3,(H2,17,23)(H,18,22). The van der Waals surface area contributed by atoms with Gasteiger partial charge in [-0.15, -0.1) is 28.1 Å². The van der Waals surface area contributed by atoms with E-state index in [-0.39, 0.29) is 27.1 Å². The molecule has 0 bridgehead atoms. The smallest absolute Gasteiger partial charge is 0.341 e. The fourth-order valence-corrected chi connectivity index (χ4v) is 4.14. The van der Waals surface area contributed by atoms with E-state index in [2.05, 4.69) is 22.1 Å². The highest BCUT2D eigenvalue weighted by atomic mass is 32.2. The van der Waals surface area contributed by atoms with Gasteiger partial charge in [0, 0.05) is 6.54 Å². The van der Waals surface area contributed by atoms with Crippen LogP contribution in [0.4, 0.5) is 5.00 Å². The minimum atomic E-state index is -0.675. The zero-order valence-electron chi connectivity index (χ0n) is 15.1. The van der Waals surface area contributed by atoms with Crippen LogP contribution in [0.5, 0.6) is 0 Å². The number of anilines is 1. The van der Waals surface area contributed by atoms with Crippen molar-refractivity contribution in [2.24, 2.45) is 5.73 Å². The van der Waals surface area contributed by atoms with Gasteiger partial charge in [0.05, 0.1) is 23.3 Å². The summed E-state index contributed by atoms with van der Waals surface area (Å²) in [5.74, 6) is -0.941. The number of ether oxygens (including phenoxy) is 1. The van der Waals surface area contributed by atoms with Gasteiger partial charge in [0.2, 0.25) is 5.91 Å². The van der Waals surface area contributed by atoms with Gasteiger partial charge in [-0.25, -0.2) is 4.79 Å². The van der Waals surface area contributed by atoms with E-state index < -0.39 is 11.9 Å². The van der Waals surface area contributed by atoms with Crippen molar-refractivity contribution in [2.45, 2.75) is 25.5 Å². The zero-order chi connectivity index (χ0) is 20.1. The van der Waals surface area contributed by atoms with Gasteiger partial charge < -0.3 is 20.4 Å². The zero-order valence-corrected chi connectivity index (χ0v) is 16.7. The Kier molecular flexibility index (Phi) is 6.75. The number of rotatable bonds is 8. The second kappa shape index (κ2) is 8.82. The Labute approximate surface area is 164 Å². The third-order valence-electron chi connectivity index (χ3n) is 3.56. The number of thiophene rings is 1. The average Bonchev–Trinajstić information content (AvgIpc) is 3.13. The summed E-state index contributed by atoms with van der Waals surface area (Å²) < 4.78 is 6.56. The SMILES string of the molecule is C=CCn1c(C)nnc1SCC(=O)Nc1sc(C(N)=O)c(C)c1C(=O)OC. The first-order chi connectivity index (χ1) is 12.8. The number of aryl methyl sites for hydroxylation is 1. The molecule has 0 fully saturated rings. The molecule has 0 aromatic carbocycles. The summed E-state index contributed by atoms with van der Waals surface area (Å²) in [4.78, 5) is 36.1. The number of thioether (sulfide) groups is 1. The maximum absolute atomic E-state index is 12.3. The van der Waals surface area contributed by atoms with Crippen LogP contribution in [0.1, 0.15) is 31.4 Å². The summed E-state index contributed by atoms with van der Waals surface area (Å²) in [5, 5.41) is 11.5. The largest absolute Gasteiger partial charge is 0.465 e. The molecule has 2 aromatic rings. The summed E-state index contributed by atoms with van der Waals surface area (Å²) in [5.41, 5.74) is 5.83. The predicted molar refractivity (Wildman–Crippen MR) is 103 cm³/mol. The van der Waals surface area contributed by atoms with Gasteiger partial charge in [0.25, 0.3) is 5.91 Å². The number of aromatic nitrogens is 3. The number of esters is 1. The molecule has 0 saturated carbocycles. The number of methoxy groups -OCH3 is 1. The van der Waals surface area contributed by atoms with Crippen LogP contribution < -0.4 is 11.1 Å². The van der Waals surface area contributed by atoms with Crippen molar-refractivity contribution in [2.75, 3.05) is 18.2 Å². The highest BCUT2D eigenvalue weighted by molar-refractivity contribution is 7.99. The molecule has 9 nitrogen and oxygen atoms in total. The van der Waals surface area contributed by atoms with Crippen LogP contribution in [0.3, 0.4) is 0 Å². The number of nitrogens with zero attached hydrogens (tertiary/aromatic N) is 3. The number of hydrogen-bond donors (Lipinski definition) is 2. The monoisotopic (exact) mass is 409 g/mol. The van der Waals surface area contributed by atoms with Crippen molar-refractivity contribution in [3.8, 4) is 0 Å². The van der Waals surface area contributed by atoms with Gasteiger partial charge in [-0.05, 0) is 19.4 Å². The van der Waals surface area contributed by atoms with E-state index in [1.54, 1.807) is 13.0 Å². The summed E-state index contributed by atoms with van der Waals surface area (Å²) in [6.45, 7) is 7.60. The number of nitrogens with one attached hydrogen (secondary N) is 1. The maximum Gasteiger partial charge on any atom is 0.341 e. The third kappa shape index (κ3) is 4.55. The lowest BCUT2D eigenvalue weighted by molar-refractivity contribution is -0.113. The lowest BCUT2D eigenvalue weighted by Crippen LogP contribution is -2.16. The van der Waals surface area contributed by atoms with Crippen molar-refractivity contribution in [1.82, 2.24) is 14.8 Å². The van der Waals surface area contributed by atoms with E-state index in [0.29, 0.717) is 23.1 Å². The fraction of sp³-hybridized carbons (Fsp3) is 0.312. The van der Waals surface area contributed by atoms with Crippen molar-refractivity contribution < 1.29 is 19.1 Å². The van der Waals surface area contributed by atoms with Gasteiger partial charge in [0.1, 0.15) is 10.8 Å². The first-order valence-corrected chi connectivity index (χ1v) is 9.55. The summed E-state index contributed by atoms with van der Waals surface area (Å²) in [6.07, 6.45) is 1.71. The topological polar surface area (TPSA) is 129 Å². The Hall–Kier alpha value is -2.66. The number of amides is 2. The molecule has 144 valence electrons. The Morgan fingerprint density at radius 2 is 2.07 bits per heavy atom. The van der Waals surface area contributed by atoms with E-state index in [4.69, 9.17) is 10.5 Å². The molecule has 0 aliphatic heterocycles. The maximum atomic E-state index is 12.3. The predicted octanol–water partition coefficient (Wildman–Crippen LogP) is 1.76. The second-order valence-corrected chi connectivity index (χ2v) is 7.35. The molecule has 0 aliphatic rings. The van der Waals surface area contributed by atoms with Gasteiger partial charge in [-0.3, -0.25) is 9.59 Å². The molecule has 11 heteroatoms. The summed E-state index contributed by atoms with van der Waals surface area (Å²) >= 11 is 2.14. The van der Waals surface area contributed by atoms with Gasteiger partial charge in [-0.2, -0.15) is 0 Å². The molecule has 27 heavy (non-hydrogen) atoms. The van der Waals surface area contributed by atoms with Crippen molar-refractivity contribution in [3.05, 3.63) is 34.5 Å². The van der Waals surface area contributed by atoms with Crippen molar-refractivity contribution in [3.63, 3.8) is 0 Å². The van der Waals surface area contributed by atoms with Crippen molar-refractivity contribution >= 4 is 45.9 Å². The lowest BCUT2D eigenvalue weighted by atomic mass is 10.1. The first-order valence-electron chi connectivity index (χ1n) is 7.75. The molecule has 0 atom stereocenters. The lowest BCUT2D eigenvalue weighted by Gasteiger charge is -2.07. The number of primary amides is 1. The van der Waals surface area contributed by atoms with E-state index in [0.717, 1.165) is 11.3 Å². The average molecular weight is 409 g/mol. The van der Waals surface area contributed by atoms with E-state index in [1.807, 2.05) is 11.5 Å². The Morgan fingerprint density at radius 1 is 1.37 bits per heavy atom. The number of carbonyl (C=O) groups excluding carboxylic acids is 3. The van der Waals surface area contributed by atoms with Gasteiger partial charge in [0.15, 0.2) is 5.16 Å². The third-order valence-corrected chi connectivity index (χ3v) is 5.75. The Balaban J connectivity index is 2.16. The van der Waals surface area contributed by atoms with Crippen LogP contribution in [-0.2, 0) is 16.1 Å². The summed E-state index contributed by atoms with van der Waals surface area (Å²) in [6, 6.07) is 0. The normalized spacial score (nSPS) is 10.5. The molecular weight excluding hydrogens is 390 g/mol. The van der Waals surface area contributed by atoms with Gasteiger partial charge >= 0.3 is 5.97 Å². The molecule has 2 rings (SSSR count). The Bertz CT molecular complexity index is 903. The minimum absolute atomic E-state index is 0.0404. The molecule has 0 saturated heterocycles. The van der Waals surface area contributed by atoms with Crippen LogP contribution in [0.15, 0.2) is 17.8 Å². The van der Waals surface area contributed by atoms with E-state index in [9.17, 15) is 14.4 Å². The summed E-state index contributed by atoms with van der Waals surface area (Å²) in [7, 11) is 1.22. The van der Waals surface area contributed by atoms with E-state index in [1.165, 1.54) is 18.9 Å². The van der Waals surface area contributed by atoms with Crippen LogP contribution in [-0.4, -0.2) is 45.4 Å². The van der Waals surface area contributed by atoms with Crippen molar-refractivity contribution in [1.29, 1.82) is 0 Å². The quantitative estimate of drug-likeness (QED) is 0.386. The number of allylic oxidation sites excluding steroid dienone is 1. The highest BCUT2D eigenvalue weighted by Crippen LogP contribution is 2.33. The Morgan fingerprint density at radius 3 is 2.67 bits per heavy atom. The second-order valence-electron chi connectivity index (χ2n) is 5.38. The first kappa shape index (κ1) is 20.6. The fourth-order valence-electron chi connectivity index (χ4n) is 2.28. The highest BCUT2D eigenvalue weighted by Gasteiger charge is 2.25. The molecule has 2 heterocycles. The van der Waals surface area contributed by atoms with E-state index >= 15 is 0 Å². The molecule has 0 unspecified atom stereocenters. The minimum Gasteiger partial charge on any atom is -0.465 e. The molecule has 0 aliphatic carbocycles. The molecular formula is C16H19N5O4S2. The molecule has 2 amide bonds. The molecule has 2 aromatic heterocycles. The molecule has 3 N–H and O–H groups in total. The molecule has 0 radical (unpaired) electrons. The van der Waals surface area contributed by atoms with Gasteiger partial charge in [-0.1, -0.05) is 17.8 Å². The van der Waals surface area contributed by atoms with Crippen LogP contribution in [0, 0.1) is 13.8 Å². The number of carbonyl (C=O) groups is 3. The van der Waals surface area contributed by atoms with Crippen LogP contribution in [0.2, 0.25) is 0 Å². The number of nitrogens with two attached hydrogens (primary N) is 1. The molecule has 0 spiro atoms. The van der Waals surface area contributed by atoms with Crippen LogP contribution >= 0.6 is 23.1 Å².